The van der Waals surface area contributed by atoms with E-state index in [4.69, 9.17) is 9.72 Å². The number of nitrogens with one attached hydrogen (secondary N) is 1. The van der Waals surface area contributed by atoms with E-state index < -0.39 is 0 Å². The monoisotopic (exact) mass is 387 g/mol. The Morgan fingerprint density at radius 3 is 2.61 bits per heavy atom. The Bertz CT molecular complexity index is 814. The number of methoxy groups -OCH3 is 1. The highest BCUT2D eigenvalue weighted by Gasteiger charge is 2.20. The van der Waals surface area contributed by atoms with Gasteiger partial charge < -0.3 is 27.0 Å². The summed E-state index contributed by atoms with van der Waals surface area (Å²) in [6, 6.07) is 16.5. The lowest BCUT2D eigenvalue weighted by Crippen LogP contribution is -3.00. The molecule has 1 aliphatic rings. The molecule has 4 rings (SSSR count). The first-order valence-corrected chi connectivity index (χ1v) is 8.14. The third kappa shape index (κ3) is 3.12. The van der Waals surface area contributed by atoms with Crippen LogP contribution in [-0.2, 0) is 12.8 Å². The van der Waals surface area contributed by atoms with Crippen LogP contribution in [0, 0.1) is 0 Å². The average molecular weight is 388 g/mol. The molecule has 1 aliphatic carbocycles. The van der Waals surface area contributed by atoms with E-state index in [1.165, 1.54) is 16.0 Å². The van der Waals surface area contributed by atoms with Gasteiger partial charge in [0, 0.05) is 16.1 Å². The maximum atomic E-state index is 5.18. The van der Waals surface area contributed by atoms with Gasteiger partial charge in [-0.3, -0.25) is 0 Å². The van der Waals surface area contributed by atoms with Crippen molar-refractivity contribution in [1.29, 1.82) is 0 Å². The van der Waals surface area contributed by atoms with E-state index in [0.29, 0.717) is 0 Å². The molecule has 0 unspecified atom stereocenters. The molecule has 2 aromatic carbocycles. The molecular weight excluding hydrogens is 372 g/mol. The zero-order chi connectivity index (χ0) is 14.9. The Kier molecular flexibility index (Phi) is 4.68. The summed E-state index contributed by atoms with van der Waals surface area (Å²) in [5.74, 6) is 0.859. The molecule has 0 atom stereocenters. The second-order valence-electron chi connectivity index (χ2n) is 5.30. The number of nitrogens with zero attached hydrogens (tertiary/aromatic N) is 1. The highest BCUT2D eigenvalue weighted by atomic mass is 79.9. The number of ether oxygens (including phenoxy) is 1. The van der Waals surface area contributed by atoms with Gasteiger partial charge in [-0.2, -0.15) is 0 Å². The number of aromatic nitrogens is 1. The normalized spacial score (nSPS) is 11.9. The third-order valence-electron chi connectivity index (χ3n) is 3.93. The first-order valence-electron chi connectivity index (χ1n) is 7.32. The van der Waals surface area contributed by atoms with Crippen LogP contribution < -0.4 is 27.0 Å². The topological polar surface area (TPSA) is 34.1 Å². The second-order valence-corrected chi connectivity index (χ2v) is 6.39. The summed E-state index contributed by atoms with van der Waals surface area (Å²) in [7, 11) is 1.68. The first kappa shape index (κ1) is 16.0. The minimum absolute atomic E-state index is 0. The van der Waals surface area contributed by atoms with Crippen molar-refractivity contribution in [3.05, 3.63) is 59.0 Å². The fourth-order valence-electron chi connectivity index (χ4n) is 2.80. The van der Waals surface area contributed by atoms with Gasteiger partial charge in [-0.1, -0.05) is 24.3 Å². The lowest BCUT2D eigenvalue weighted by Gasteiger charge is -2.13. The van der Waals surface area contributed by atoms with E-state index >= 15 is 0 Å². The van der Waals surface area contributed by atoms with Crippen LogP contribution in [-0.4, -0.2) is 12.1 Å². The van der Waals surface area contributed by atoms with Gasteiger partial charge >= 0.3 is 0 Å². The van der Waals surface area contributed by atoms with Gasteiger partial charge in [0.1, 0.15) is 5.75 Å². The number of halogens is 1. The molecule has 1 N–H and O–H groups in total. The molecule has 1 aromatic heterocycles. The summed E-state index contributed by atoms with van der Waals surface area (Å²) in [4.78, 5) is 6.18. The Labute approximate surface area is 150 Å². The molecule has 0 fully saturated rings. The van der Waals surface area contributed by atoms with E-state index in [2.05, 4.69) is 29.6 Å². The molecular formula is C18H16BrN2OS-. The van der Waals surface area contributed by atoms with Crippen LogP contribution in [0.1, 0.15) is 10.4 Å². The number of hydrogen-bond acceptors (Lipinski definition) is 4. The Hall–Kier alpha value is -1.85. The summed E-state index contributed by atoms with van der Waals surface area (Å²) < 4.78 is 5.18. The van der Waals surface area contributed by atoms with Crippen molar-refractivity contribution in [3.63, 3.8) is 0 Å². The summed E-state index contributed by atoms with van der Waals surface area (Å²) >= 11 is 1.75. The molecule has 0 bridgehead atoms. The number of hydrogen-bond donors (Lipinski definition) is 1. The Morgan fingerprint density at radius 2 is 1.83 bits per heavy atom. The number of thiazole rings is 1. The lowest BCUT2D eigenvalue weighted by molar-refractivity contribution is -0.00000460. The predicted molar refractivity (Wildman–Crippen MR) is 91.2 cm³/mol. The highest BCUT2D eigenvalue weighted by Crippen LogP contribution is 2.38. The molecule has 118 valence electrons. The molecule has 3 nitrogen and oxygen atoms in total. The van der Waals surface area contributed by atoms with Gasteiger partial charge in [0.2, 0.25) is 0 Å². The summed E-state index contributed by atoms with van der Waals surface area (Å²) in [6.45, 7) is 0. The number of anilines is 2. The SMILES string of the molecule is COc1ccc(Nc2nc3c(s2)CCc2ccccc2-3)cc1.[Br-]. The molecule has 3 aromatic rings. The van der Waals surface area contributed by atoms with Crippen LogP contribution in [0.25, 0.3) is 11.3 Å². The van der Waals surface area contributed by atoms with Crippen molar-refractivity contribution in [1.82, 2.24) is 4.98 Å². The van der Waals surface area contributed by atoms with Gasteiger partial charge in [0.15, 0.2) is 5.13 Å². The number of aryl methyl sites for hydroxylation is 2. The molecule has 0 amide bonds. The number of rotatable bonds is 3. The standard InChI is InChI=1S/C18H16N2OS.BrH/c1-21-14-9-7-13(8-10-14)19-18-20-17-15-5-3-2-4-12(15)6-11-16(17)22-18;/h2-5,7-10H,6,11H2,1H3,(H,19,20);1H/p-1. The van der Waals surface area contributed by atoms with E-state index in [1.807, 2.05) is 24.3 Å². The summed E-state index contributed by atoms with van der Waals surface area (Å²) in [5.41, 5.74) is 4.85. The van der Waals surface area contributed by atoms with E-state index in [1.54, 1.807) is 18.4 Å². The van der Waals surface area contributed by atoms with Crippen molar-refractivity contribution in [3.8, 4) is 17.0 Å². The second kappa shape index (κ2) is 6.72. The van der Waals surface area contributed by atoms with Crippen molar-refractivity contribution >= 4 is 22.2 Å². The maximum absolute atomic E-state index is 5.18. The fourth-order valence-corrected chi connectivity index (χ4v) is 3.80. The molecule has 1 heterocycles. The van der Waals surface area contributed by atoms with Gasteiger partial charge in [-0.25, -0.2) is 4.98 Å². The van der Waals surface area contributed by atoms with Crippen LogP contribution in [0.3, 0.4) is 0 Å². The highest BCUT2D eigenvalue weighted by molar-refractivity contribution is 7.16. The largest absolute Gasteiger partial charge is 1.00 e. The molecule has 0 spiro atoms. The van der Waals surface area contributed by atoms with Crippen LogP contribution in [0.5, 0.6) is 5.75 Å². The smallest absolute Gasteiger partial charge is 0.187 e. The van der Waals surface area contributed by atoms with Crippen LogP contribution in [0.15, 0.2) is 48.5 Å². The Morgan fingerprint density at radius 1 is 1.04 bits per heavy atom. The predicted octanol–water partition coefficient (Wildman–Crippen LogP) is 1.66. The van der Waals surface area contributed by atoms with Crippen LogP contribution >= 0.6 is 11.3 Å². The lowest BCUT2D eigenvalue weighted by atomic mass is 9.94. The zero-order valence-electron chi connectivity index (χ0n) is 12.7. The molecule has 0 saturated carbocycles. The van der Waals surface area contributed by atoms with Crippen LogP contribution in [0.4, 0.5) is 10.8 Å². The number of fused-ring (bicyclic) bond motifs is 3. The Balaban J connectivity index is 0.00000156. The number of benzene rings is 2. The van der Waals surface area contributed by atoms with Gasteiger partial charge in [-0.15, -0.1) is 11.3 Å². The van der Waals surface area contributed by atoms with E-state index in [0.717, 1.165) is 35.1 Å². The van der Waals surface area contributed by atoms with Crippen molar-refractivity contribution in [2.75, 3.05) is 12.4 Å². The van der Waals surface area contributed by atoms with Crippen molar-refractivity contribution < 1.29 is 21.7 Å². The summed E-state index contributed by atoms with van der Waals surface area (Å²) in [5, 5.41) is 4.35. The van der Waals surface area contributed by atoms with Crippen LogP contribution in [0.2, 0.25) is 0 Å². The zero-order valence-corrected chi connectivity index (χ0v) is 15.1. The average Bonchev–Trinajstić information content (AvgIpc) is 2.98. The minimum atomic E-state index is 0. The van der Waals surface area contributed by atoms with Crippen molar-refractivity contribution in [2.45, 2.75) is 12.8 Å². The van der Waals surface area contributed by atoms with E-state index in [9.17, 15) is 0 Å². The summed E-state index contributed by atoms with van der Waals surface area (Å²) in [6.07, 6.45) is 2.18. The van der Waals surface area contributed by atoms with Crippen molar-refractivity contribution in [2.24, 2.45) is 0 Å². The van der Waals surface area contributed by atoms with Gasteiger partial charge in [-0.05, 0) is 42.7 Å². The molecule has 5 heteroatoms. The molecule has 0 aliphatic heterocycles. The molecule has 0 radical (unpaired) electrons. The third-order valence-corrected chi connectivity index (χ3v) is 4.96. The fraction of sp³-hybridized carbons (Fsp3) is 0.167. The van der Waals surface area contributed by atoms with Gasteiger partial charge in [0.25, 0.3) is 0 Å². The minimum Gasteiger partial charge on any atom is -1.00 e. The molecule has 0 saturated heterocycles. The molecule has 23 heavy (non-hydrogen) atoms. The van der Waals surface area contributed by atoms with Gasteiger partial charge in [0.05, 0.1) is 12.8 Å². The maximum Gasteiger partial charge on any atom is 0.187 e. The van der Waals surface area contributed by atoms with E-state index in [-0.39, 0.29) is 17.0 Å². The quantitative estimate of drug-likeness (QED) is 0.741. The first-order chi connectivity index (χ1) is 10.8.